The van der Waals surface area contributed by atoms with Gasteiger partial charge >= 0.3 is 0 Å². The predicted molar refractivity (Wildman–Crippen MR) is 112 cm³/mol. The summed E-state index contributed by atoms with van der Waals surface area (Å²) in [6, 6.07) is 13.9. The third-order valence-corrected chi connectivity index (χ3v) is 3.90. The topological polar surface area (TPSA) is 90.5 Å². The molecule has 7 nitrogen and oxygen atoms in total. The van der Waals surface area contributed by atoms with E-state index < -0.39 is 0 Å². The molecule has 0 radical (unpaired) electrons. The van der Waals surface area contributed by atoms with Crippen LogP contribution in [0.15, 0.2) is 48.5 Å². The number of anilines is 3. The van der Waals surface area contributed by atoms with Crippen LogP contribution in [0.25, 0.3) is 0 Å². The van der Waals surface area contributed by atoms with Gasteiger partial charge in [0.25, 0.3) is 5.91 Å². The fourth-order valence-corrected chi connectivity index (χ4v) is 2.50. The van der Waals surface area contributed by atoms with Crippen molar-refractivity contribution >= 4 is 34.8 Å². The van der Waals surface area contributed by atoms with Gasteiger partial charge in [0.2, 0.25) is 11.8 Å². The summed E-state index contributed by atoms with van der Waals surface area (Å²) in [4.78, 5) is 37.2. The third-order valence-electron chi connectivity index (χ3n) is 3.90. The van der Waals surface area contributed by atoms with E-state index in [4.69, 9.17) is 0 Å². The summed E-state index contributed by atoms with van der Waals surface area (Å²) >= 11 is 0. The lowest BCUT2D eigenvalue weighted by molar-refractivity contribution is -0.116. The fraction of sp³-hybridized carbons (Fsp3) is 0.286. The molecule has 2 aromatic carbocycles. The van der Waals surface area contributed by atoms with E-state index in [1.807, 2.05) is 19.1 Å². The molecule has 2 aromatic rings. The summed E-state index contributed by atoms with van der Waals surface area (Å²) in [7, 11) is 3.38. The maximum atomic E-state index is 12.1. The second-order valence-corrected chi connectivity index (χ2v) is 6.56. The SMILES string of the molecule is CCCC(=O)Nc1cccc(NCC(=O)Nc2ccc(C(=O)N(C)C)cc2)c1. The molecule has 28 heavy (non-hydrogen) atoms. The molecule has 0 aliphatic carbocycles. The van der Waals surface area contributed by atoms with Gasteiger partial charge in [-0.05, 0) is 48.9 Å². The van der Waals surface area contributed by atoms with Crippen LogP contribution in [0.3, 0.4) is 0 Å². The Labute approximate surface area is 165 Å². The van der Waals surface area contributed by atoms with Crippen molar-refractivity contribution in [3.63, 3.8) is 0 Å². The Morgan fingerprint density at radius 2 is 1.50 bits per heavy atom. The summed E-state index contributed by atoms with van der Waals surface area (Å²) < 4.78 is 0. The Kier molecular flexibility index (Phi) is 7.56. The number of hydrogen-bond donors (Lipinski definition) is 3. The van der Waals surface area contributed by atoms with Crippen molar-refractivity contribution in [2.45, 2.75) is 19.8 Å². The molecule has 0 bridgehead atoms. The Morgan fingerprint density at radius 3 is 2.14 bits per heavy atom. The molecule has 0 spiro atoms. The van der Waals surface area contributed by atoms with Crippen molar-refractivity contribution in [3.05, 3.63) is 54.1 Å². The van der Waals surface area contributed by atoms with Gasteiger partial charge in [-0.3, -0.25) is 14.4 Å². The Bertz CT molecular complexity index is 832. The molecule has 0 fully saturated rings. The molecule has 0 unspecified atom stereocenters. The summed E-state index contributed by atoms with van der Waals surface area (Å²) in [5.74, 6) is -0.342. The van der Waals surface area contributed by atoms with Crippen molar-refractivity contribution in [2.75, 3.05) is 36.6 Å². The van der Waals surface area contributed by atoms with E-state index in [-0.39, 0.29) is 24.3 Å². The van der Waals surface area contributed by atoms with E-state index in [0.717, 1.165) is 12.1 Å². The molecule has 0 aliphatic heterocycles. The number of rotatable bonds is 8. The number of nitrogens with zero attached hydrogens (tertiary/aromatic N) is 1. The van der Waals surface area contributed by atoms with Crippen molar-refractivity contribution in [1.82, 2.24) is 4.90 Å². The van der Waals surface area contributed by atoms with Crippen molar-refractivity contribution in [3.8, 4) is 0 Å². The number of carbonyl (C=O) groups excluding carboxylic acids is 3. The first kappa shape index (κ1) is 21.0. The van der Waals surface area contributed by atoms with Crippen LogP contribution in [0.4, 0.5) is 17.1 Å². The van der Waals surface area contributed by atoms with Gasteiger partial charge in [-0.1, -0.05) is 13.0 Å². The minimum absolute atomic E-state index is 0.0337. The number of amides is 3. The van der Waals surface area contributed by atoms with E-state index in [9.17, 15) is 14.4 Å². The zero-order valence-electron chi connectivity index (χ0n) is 16.4. The molecule has 148 valence electrons. The van der Waals surface area contributed by atoms with Gasteiger partial charge in [0.1, 0.15) is 0 Å². The van der Waals surface area contributed by atoms with Gasteiger partial charge < -0.3 is 20.9 Å². The van der Waals surface area contributed by atoms with Crippen LogP contribution in [0.2, 0.25) is 0 Å². The molecule has 0 aromatic heterocycles. The van der Waals surface area contributed by atoms with Crippen molar-refractivity contribution < 1.29 is 14.4 Å². The smallest absolute Gasteiger partial charge is 0.253 e. The second-order valence-electron chi connectivity index (χ2n) is 6.56. The van der Waals surface area contributed by atoms with Gasteiger partial charge in [-0.15, -0.1) is 0 Å². The number of benzene rings is 2. The third kappa shape index (κ3) is 6.42. The zero-order valence-corrected chi connectivity index (χ0v) is 16.4. The minimum Gasteiger partial charge on any atom is -0.376 e. The number of nitrogens with one attached hydrogen (secondary N) is 3. The van der Waals surface area contributed by atoms with E-state index in [1.165, 1.54) is 4.90 Å². The van der Waals surface area contributed by atoms with E-state index in [1.54, 1.807) is 50.5 Å². The number of carbonyl (C=O) groups is 3. The van der Waals surface area contributed by atoms with Crippen molar-refractivity contribution in [1.29, 1.82) is 0 Å². The minimum atomic E-state index is -0.216. The Hall–Kier alpha value is -3.35. The van der Waals surface area contributed by atoms with E-state index >= 15 is 0 Å². The number of hydrogen-bond acceptors (Lipinski definition) is 4. The summed E-state index contributed by atoms with van der Waals surface area (Å²) in [5.41, 5.74) is 2.59. The highest BCUT2D eigenvalue weighted by Crippen LogP contribution is 2.16. The van der Waals surface area contributed by atoms with Crippen LogP contribution in [0.5, 0.6) is 0 Å². The highest BCUT2D eigenvalue weighted by molar-refractivity contribution is 5.96. The van der Waals surface area contributed by atoms with E-state index in [2.05, 4.69) is 16.0 Å². The normalized spacial score (nSPS) is 10.1. The molecule has 0 aliphatic rings. The molecular weight excluding hydrogens is 356 g/mol. The highest BCUT2D eigenvalue weighted by Gasteiger charge is 2.08. The largest absolute Gasteiger partial charge is 0.376 e. The average molecular weight is 382 g/mol. The van der Waals surface area contributed by atoms with E-state index in [0.29, 0.717) is 23.4 Å². The van der Waals surface area contributed by atoms with Crippen LogP contribution in [0, 0.1) is 0 Å². The summed E-state index contributed by atoms with van der Waals surface area (Å²) in [6.07, 6.45) is 1.26. The molecule has 3 N–H and O–H groups in total. The predicted octanol–water partition coefficient (Wildman–Crippen LogP) is 3.18. The van der Waals surface area contributed by atoms with Crippen LogP contribution in [-0.2, 0) is 9.59 Å². The Morgan fingerprint density at radius 1 is 0.857 bits per heavy atom. The monoisotopic (exact) mass is 382 g/mol. The van der Waals surface area contributed by atoms with Gasteiger partial charge in [-0.2, -0.15) is 0 Å². The van der Waals surface area contributed by atoms with Gasteiger partial charge in [0, 0.05) is 43.1 Å². The molecule has 7 heteroatoms. The second kappa shape index (κ2) is 10.1. The molecular formula is C21H26N4O3. The van der Waals surface area contributed by atoms with Crippen molar-refractivity contribution in [2.24, 2.45) is 0 Å². The lowest BCUT2D eigenvalue weighted by Crippen LogP contribution is -2.23. The van der Waals surface area contributed by atoms with Gasteiger partial charge in [-0.25, -0.2) is 0 Å². The van der Waals surface area contributed by atoms with Crippen LogP contribution in [0.1, 0.15) is 30.1 Å². The first-order chi connectivity index (χ1) is 13.4. The molecule has 0 saturated carbocycles. The standard InChI is InChI=1S/C21H26N4O3/c1-4-6-19(26)24-18-8-5-7-17(13-18)22-14-20(27)23-16-11-9-15(10-12-16)21(28)25(2)3/h5,7-13,22H,4,6,14H2,1-3H3,(H,23,27)(H,24,26). The average Bonchev–Trinajstić information content (AvgIpc) is 2.67. The van der Waals surface area contributed by atoms with Crippen LogP contribution < -0.4 is 16.0 Å². The molecule has 2 rings (SSSR count). The quantitative estimate of drug-likeness (QED) is 0.654. The lowest BCUT2D eigenvalue weighted by atomic mass is 10.2. The Balaban J connectivity index is 1.87. The first-order valence-electron chi connectivity index (χ1n) is 9.14. The molecule has 3 amide bonds. The maximum absolute atomic E-state index is 12.1. The maximum Gasteiger partial charge on any atom is 0.253 e. The molecule has 0 atom stereocenters. The van der Waals surface area contributed by atoms with Gasteiger partial charge in [0.05, 0.1) is 6.54 Å². The summed E-state index contributed by atoms with van der Waals surface area (Å²) in [6.45, 7) is 2.02. The highest BCUT2D eigenvalue weighted by atomic mass is 16.2. The van der Waals surface area contributed by atoms with Gasteiger partial charge in [0.15, 0.2) is 0 Å². The van der Waals surface area contributed by atoms with Crippen LogP contribution >= 0.6 is 0 Å². The summed E-state index contributed by atoms with van der Waals surface area (Å²) in [5, 5.41) is 8.63. The van der Waals surface area contributed by atoms with Crippen LogP contribution in [-0.4, -0.2) is 43.3 Å². The zero-order chi connectivity index (χ0) is 20.5. The first-order valence-corrected chi connectivity index (χ1v) is 9.14. The lowest BCUT2D eigenvalue weighted by Gasteiger charge is -2.12. The molecule has 0 saturated heterocycles. The molecule has 0 heterocycles. The fourth-order valence-electron chi connectivity index (χ4n) is 2.50.